The van der Waals surface area contributed by atoms with Gasteiger partial charge in [0.25, 0.3) is 0 Å². The van der Waals surface area contributed by atoms with Gasteiger partial charge in [-0.1, -0.05) is 35.5 Å². The Morgan fingerprint density at radius 1 is 1.16 bits per heavy atom. The third-order valence-electron chi connectivity index (χ3n) is 5.30. The van der Waals surface area contributed by atoms with Crippen LogP contribution < -0.4 is 15.1 Å². The Bertz CT molecular complexity index is 1400. The summed E-state index contributed by atoms with van der Waals surface area (Å²) in [5.41, 5.74) is 2.18. The molecule has 9 heteroatoms. The number of nitrogens with zero attached hydrogens (tertiary/aromatic N) is 3. The van der Waals surface area contributed by atoms with Gasteiger partial charge in [-0.2, -0.15) is 0 Å². The molecule has 0 aliphatic carbocycles. The SMILES string of the molecule is CSc1n[n+]2c(c(=O)[nH]1)-c1ccccc1N(C(C)=O)[C@@H]2c1ccc(-c2ccc(Cl)cc2)o1. The lowest BCUT2D eigenvalue weighted by Crippen LogP contribution is -2.60. The molecule has 0 unspecified atom stereocenters. The van der Waals surface area contributed by atoms with E-state index in [2.05, 4.69) is 10.1 Å². The van der Waals surface area contributed by atoms with E-state index in [0.29, 0.717) is 38.6 Å². The Morgan fingerprint density at radius 2 is 1.91 bits per heavy atom. The number of carbonyl (C=O) groups is 1. The molecular formula is C23H18ClN4O3S+. The predicted octanol–water partition coefficient (Wildman–Crippen LogP) is 4.27. The molecule has 2 aromatic heterocycles. The Balaban J connectivity index is 1.74. The molecule has 32 heavy (non-hydrogen) atoms. The number of para-hydroxylation sites is 1. The maximum atomic E-state index is 13.0. The van der Waals surface area contributed by atoms with Crippen molar-refractivity contribution < 1.29 is 13.9 Å². The first kappa shape index (κ1) is 20.5. The summed E-state index contributed by atoms with van der Waals surface area (Å²) < 4.78 is 7.77. The highest BCUT2D eigenvalue weighted by molar-refractivity contribution is 7.98. The number of hydrogen-bond donors (Lipinski definition) is 1. The number of amides is 1. The van der Waals surface area contributed by atoms with Crippen molar-refractivity contribution in [1.29, 1.82) is 0 Å². The summed E-state index contributed by atoms with van der Waals surface area (Å²) in [7, 11) is 0. The molecule has 3 heterocycles. The van der Waals surface area contributed by atoms with Crippen molar-refractivity contribution in [2.45, 2.75) is 18.2 Å². The summed E-state index contributed by atoms with van der Waals surface area (Å²) >= 11 is 7.32. The van der Waals surface area contributed by atoms with Crippen molar-refractivity contribution >= 4 is 35.0 Å². The highest BCUT2D eigenvalue weighted by Gasteiger charge is 2.46. The second kappa shape index (κ2) is 7.96. The average molecular weight is 466 g/mol. The van der Waals surface area contributed by atoms with Crippen molar-refractivity contribution in [3.8, 4) is 22.6 Å². The molecule has 5 rings (SSSR count). The summed E-state index contributed by atoms with van der Waals surface area (Å²) in [5, 5.41) is 5.70. The molecule has 0 fully saturated rings. The van der Waals surface area contributed by atoms with Gasteiger partial charge in [-0.3, -0.25) is 14.6 Å². The van der Waals surface area contributed by atoms with Gasteiger partial charge >= 0.3 is 17.4 Å². The largest absolute Gasteiger partial charge is 0.452 e. The molecule has 160 valence electrons. The number of benzene rings is 2. The fourth-order valence-corrected chi connectivity index (χ4v) is 4.41. The van der Waals surface area contributed by atoms with Crippen molar-refractivity contribution in [2.24, 2.45) is 0 Å². The number of H-pyrrole nitrogens is 1. The second-order valence-corrected chi connectivity index (χ2v) is 8.48. The Morgan fingerprint density at radius 3 is 2.62 bits per heavy atom. The zero-order valence-corrected chi connectivity index (χ0v) is 18.8. The lowest BCUT2D eigenvalue weighted by Gasteiger charge is -2.29. The number of nitrogens with one attached hydrogen (secondary N) is 1. The van der Waals surface area contributed by atoms with Crippen LogP contribution in [0.25, 0.3) is 22.6 Å². The van der Waals surface area contributed by atoms with Crippen LogP contribution in [0.1, 0.15) is 18.8 Å². The molecule has 0 radical (unpaired) electrons. The van der Waals surface area contributed by atoms with Gasteiger partial charge in [0.15, 0.2) is 5.76 Å². The van der Waals surface area contributed by atoms with Gasteiger partial charge in [0, 0.05) is 22.6 Å². The number of halogens is 1. The lowest BCUT2D eigenvalue weighted by molar-refractivity contribution is -0.764. The fraction of sp³-hybridized carbons (Fsp3) is 0.130. The maximum Gasteiger partial charge on any atom is 0.325 e. The van der Waals surface area contributed by atoms with Crippen LogP contribution in [0.5, 0.6) is 0 Å². The standard InChI is InChI=1S/C23H17ClN4O3S/c1-13(29)27-17-6-4-3-5-16(17)20-21(30)25-23(32-2)26-28(20)22(27)19-12-11-18(31-19)14-7-9-15(24)10-8-14/h3-12,22H,1-2H3/p+1/t22-/m0/s1. The number of thioether (sulfide) groups is 1. The Hall–Kier alpha value is -3.36. The summed E-state index contributed by atoms with van der Waals surface area (Å²) in [6, 6.07) is 18.2. The van der Waals surface area contributed by atoms with E-state index in [0.717, 1.165) is 5.56 Å². The van der Waals surface area contributed by atoms with Crippen molar-refractivity contribution in [2.75, 3.05) is 11.2 Å². The van der Waals surface area contributed by atoms with Crippen LogP contribution in [0.3, 0.4) is 0 Å². The van der Waals surface area contributed by atoms with Crippen LogP contribution in [0.4, 0.5) is 5.69 Å². The first-order chi connectivity index (χ1) is 15.5. The van der Waals surface area contributed by atoms with Crippen LogP contribution in [-0.2, 0) is 4.79 Å². The number of aromatic amines is 1. The van der Waals surface area contributed by atoms with Crippen LogP contribution >= 0.6 is 23.4 Å². The average Bonchev–Trinajstić information content (AvgIpc) is 3.27. The fourth-order valence-electron chi connectivity index (χ4n) is 3.92. The minimum Gasteiger partial charge on any atom is -0.452 e. The van der Waals surface area contributed by atoms with E-state index in [1.807, 2.05) is 48.7 Å². The van der Waals surface area contributed by atoms with Gasteiger partial charge in [0.2, 0.25) is 11.1 Å². The minimum absolute atomic E-state index is 0.196. The number of furan rings is 1. The van der Waals surface area contributed by atoms with Gasteiger partial charge < -0.3 is 4.42 Å². The number of anilines is 1. The van der Waals surface area contributed by atoms with Gasteiger partial charge in [0.05, 0.1) is 11.3 Å². The van der Waals surface area contributed by atoms with E-state index < -0.39 is 6.17 Å². The summed E-state index contributed by atoms with van der Waals surface area (Å²) in [5.74, 6) is 0.907. The molecule has 2 aromatic carbocycles. The number of hydrogen-bond acceptors (Lipinski definition) is 5. The molecule has 0 saturated heterocycles. The Labute approximate surface area is 192 Å². The molecule has 1 N–H and O–H groups in total. The first-order valence-electron chi connectivity index (χ1n) is 9.83. The third-order valence-corrected chi connectivity index (χ3v) is 6.12. The number of aromatic nitrogens is 3. The van der Waals surface area contributed by atoms with Gasteiger partial charge in [-0.05, 0) is 59.5 Å². The molecule has 0 spiro atoms. The second-order valence-electron chi connectivity index (χ2n) is 7.25. The molecule has 4 aromatic rings. The summed E-state index contributed by atoms with van der Waals surface area (Å²) in [6.45, 7) is 1.49. The molecule has 1 aliphatic heterocycles. The topological polar surface area (TPSA) is 83.1 Å². The highest BCUT2D eigenvalue weighted by atomic mass is 35.5. The van der Waals surface area contributed by atoms with E-state index in [9.17, 15) is 9.59 Å². The zero-order chi connectivity index (χ0) is 22.4. The van der Waals surface area contributed by atoms with Crippen LogP contribution in [0.15, 0.2) is 75.0 Å². The van der Waals surface area contributed by atoms with Gasteiger partial charge in [-0.25, -0.2) is 4.90 Å². The quantitative estimate of drug-likeness (QED) is 0.361. The van der Waals surface area contributed by atoms with Crippen LogP contribution in [0.2, 0.25) is 5.02 Å². The third kappa shape index (κ3) is 3.32. The molecular weight excluding hydrogens is 448 g/mol. The number of carbonyl (C=O) groups excluding carboxylic acids is 1. The molecule has 0 saturated carbocycles. The number of rotatable bonds is 3. The number of fused-ring (bicyclic) bond motifs is 3. The monoisotopic (exact) mass is 465 g/mol. The summed E-state index contributed by atoms with van der Waals surface area (Å²) in [6.07, 6.45) is 1.07. The minimum atomic E-state index is -0.758. The Kier molecular flexibility index (Phi) is 5.11. The smallest absolute Gasteiger partial charge is 0.325 e. The van der Waals surface area contributed by atoms with Gasteiger partial charge in [0.1, 0.15) is 5.76 Å². The predicted molar refractivity (Wildman–Crippen MR) is 123 cm³/mol. The van der Waals surface area contributed by atoms with E-state index in [1.165, 1.54) is 18.7 Å². The van der Waals surface area contributed by atoms with Gasteiger partial charge in [-0.15, -0.1) is 0 Å². The maximum absolute atomic E-state index is 13.0. The molecule has 1 amide bonds. The van der Waals surface area contributed by atoms with Crippen molar-refractivity contribution in [3.05, 3.63) is 81.8 Å². The normalized spacial score (nSPS) is 14.7. The zero-order valence-electron chi connectivity index (χ0n) is 17.2. The lowest BCUT2D eigenvalue weighted by atomic mass is 10.0. The molecule has 7 nitrogen and oxygen atoms in total. The highest BCUT2D eigenvalue weighted by Crippen LogP contribution is 2.38. The van der Waals surface area contributed by atoms with Crippen LogP contribution in [-0.4, -0.2) is 22.2 Å². The first-order valence-corrected chi connectivity index (χ1v) is 11.4. The van der Waals surface area contributed by atoms with E-state index in [1.54, 1.807) is 27.8 Å². The van der Waals surface area contributed by atoms with E-state index in [4.69, 9.17) is 16.0 Å². The van der Waals surface area contributed by atoms with Crippen molar-refractivity contribution in [1.82, 2.24) is 10.1 Å². The van der Waals surface area contributed by atoms with Crippen LogP contribution in [0, 0.1) is 0 Å². The van der Waals surface area contributed by atoms with E-state index >= 15 is 0 Å². The summed E-state index contributed by atoms with van der Waals surface area (Å²) in [4.78, 5) is 30.3. The molecule has 0 bridgehead atoms. The molecule has 1 atom stereocenters. The van der Waals surface area contributed by atoms with E-state index in [-0.39, 0.29) is 11.5 Å². The molecule has 1 aliphatic rings. The van der Waals surface area contributed by atoms with Crippen molar-refractivity contribution in [3.63, 3.8) is 0 Å².